The van der Waals surface area contributed by atoms with Gasteiger partial charge in [-0.2, -0.15) is 13.2 Å². The van der Waals surface area contributed by atoms with E-state index in [0.717, 1.165) is 32.1 Å². The molecule has 1 aromatic rings. The molecule has 0 aromatic heterocycles. The minimum atomic E-state index is -4.06. The van der Waals surface area contributed by atoms with Crippen LogP contribution in [0.1, 0.15) is 56.9 Å². The third kappa shape index (κ3) is 7.86. The van der Waals surface area contributed by atoms with Gasteiger partial charge in [-0.15, -0.1) is 0 Å². The van der Waals surface area contributed by atoms with Gasteiger partial charge in [-0.25, -0.2) is 0 Å². The van der Waals surface area contributed by atoms with Crippen molar-refractivity contribution in [2.75, 3.05) is 5.73 Å². The van der Waals surface area contributed by atoms with Crippen LogP contribution in [0.3, 0.4) is 0 Å². The third-order valence-corrected chi connectivity index (χ3v) is 4.13. The highest BCUT2D eigenvalue weighted by Gasteiger charge is 2.25. The zero-order chi connectivity index (χ0) is 18.2. The predicted octanol–water partition coefficient (Wildman–Crippen LogP) is 6.06. The summed E-state index contributed by atoms with van der Waals surface area (Å²) in [5.74, 6) is 0. The quantitative estimate of drug-likeness (QED) is 0.237. The molecular weight excluding hydrogens is 345 g/mol. The maximum Gasteiger partial charge on any atom is 0.389 e. The van der Waals surface area contributed by atoms with Gasteiger partial charge in [0.1, 0.15) is 0 Å². The fraction of sp³-hybridized carbons (Fsp3) is 0.625. The van der Waals surface area contributed by atoms with Crippen LogP contribution in [0.15, 0.2) is 12.1 Å². The number of aryl methyl sites for hydroxylation is 1. The molecule has 0 bridgehead atoms. The standard InChI is InChI=1S/C16H22ClF3N2O2/c17-14-11-13(22(23)24)10-12(15(14)21)8-6-4-2-1-3-5-7-9-16(18,19)20/h10-11H,1-9,21H2. The number of nitro benzene ring substituents is 1. The number of hydrogen-bond donors (Lipinski definition) is 1. The van der Waals surface area contributed by atoms with E-state index in [9.17, 15) is 23.3 Å². The molecule has 0 aliphatic carbocycles. The molecule has 8 heteroatoms. The molecule has 0 spiro atoms. The molecule has 1 aromatic carbocycles. The summed E-state index contributed by atoms with van der Waals surface area (Å²) in [6, 6.07) is 2.68. The summed E-state index contributed by atoms with van der Waals surface area (Å²) in [6.45, 7) is 0. The first-order valence-corrected chi connectivity index (χ1v) is 8.37. The Balaban J connectivity index is 2.23. The Bertz CT molecular complexity index is 551. The molecule has 1 rings (SSSR count). The number of nitrogens with zero attached hydrogens (tertiary/aromatic N) is 1. The molecule has 0 aliphatic rings. The summed E-state index contributed by atoms with van der Waals surface area (Å²) >= 11 is 5.90. The summed E-state index contributed by atoms with van der Waals surface area (Å²) in [4.78, 5) is 10.3. The van der Waals surface area contributed by atoms with E-state index in [1.54, 1.807) is 0 Å². The van der Waals surface area contributed by atoms with Gasteiger partial charge in [0.2, 0.25) is 0 Å². The number of nitrogens with two attached hydrogens (primary N) is 1. The predicted molar refractivity (Wildman–Crippen MR) is 89.2 cm³/mol. The van der Waals surface area contributed by atoms with Crippen molar-refractivity contribution in [1.29, 1.82) is 0 Å². The van der Waals surface area contributed by atoms with Crippen LogP contribution in [0.5, 0.6) is 0 Å². The maximum absolute atomic E-state index is 12.0. The minimum absolute atomic E-state index is 0.0751. The number of unbranched alkanes of at least 4 members (excludes halogenated alkanes) is 6. The summed E-state index contributed by atoms with van der Waals surface area (Å²) in [5, 5.41) is 11.0. The average molecular weight is 367 g/mol. The number of nitro groups is 1. The van der Waals surface area contributed by atoms with Crippen molar-refractivity contribution in [3.8, 4) is 0 Å². The Morgan fingerprint density at radius 1 is 1.04 bits per heavy atom. The Kier molecular flexibility index (Phi) is 8.31. The lowest BCUT2D eigenvalue weighted by Crippen LogP contribution is -2.06. The number of nitrogen functional groups attached to an aromatic ring is 1. The van der Waals surface area contributed by atoms with Gasteiger partial charge in [-0.1, -0.05) is 43.7 Å². The van der Waals surface area contributed by atoms with Crippen LogP contribution in [0.25, 0.3) is 0 Å². The van der Waals surface area contributed by atoms with Crippen molar-refractivity contribution in [2.24, 2.45) is 0 Å². The van der Waals surface area contributed by atoms with E-state index in [-0.39, 0.29) is 17.1 Å². The van der Waals surface area contributed by atoms with E-state index in [2.05, 4.69) is 0 Å². The Hall–Kier alpha value is -1.50. The number of anilines is 1. The summed E-state index contributed by atoms with van der Waals surface area (Å²) in [7, 11) is 0. The molecule has 0 radical (unpaired) electrons. The Morgan fingerprint density at radius 3 is 2.12 bits per heavy atom. The molecule has 4 nitrogen and oxygen atoms in total. The summed E-state index contributed by atoms with van der Waals surface area (Å²) < 4.78 is 35.9. The number of rotatable bonds is 10. The fourth-order valence-corrected chi connectivity index (χ4v) is 2.73. The van der Waals surface area contributed by atoms with Gasteiger partial charge in [0.25, 0.3) is 5.69 Å². The van der Waals surface area contributed by atoms with E-state index in [0.29, 0.717) is 24.1 Å². The van der Waals surface area contributed by atoms with Crippen LogP contribution < -0.4 is 5.73 Å². The van der Waals surface area contributed by atoms with E-state index < -0.39 is 17.5 Å². The zero-order valence-corrected chi connectivity index (χ0v) is 14.1. The van der Waals surface area contributed by atoms with Crippen LogP contribution in [0, 0.1) is 10.1 Å². The highest BCUT2D eigenvalue weighted by Crippen LogP contribution is 2.30. The van der Waals surface area contributed by atoms with Gasteiger partial charge in [-0.05, 0) is 24.8 Å². The molecule has 136 valence electrons. The topological polar surface area (TPSA) is 69.2 Å². The van der Waals surface area contributed by atoms with Crippen LogP contribution in [-0.4, -0.2) is 11.1 Å². The van der Waals surface area contributed by atoms with Gasteiger partial charge in [0, 0.05) is 18.6 Å². The van der Waals surface area contributed by atoms with E-state index in [1.165, 1.54) is 12.1 Å². The first-order valence-electron chi connectivity index (χ1n) is 8.00. The van der Waals surface area contributed by atoms with Crippen molar-refractivity contribution in [3.63, 3.8) is 0 Å². The van der Waals surface area contributed by atoms with Gasteiger partial charge in [0.05, 0.1) is 15.6 Å². The maximum atomic E-state index is 12.0. The van der Waals surface area contributed by atoms with Gasteiger partial charge < -0.3 is 5.73 Å². The van der Waals surface area contributed by atoms with Crippen molar-refractivity contribution in [3.05, 3.63) is 32.8 Å². The van der Waals surface area contributed by atoms with Crippen LogP contribution in [0.2, 0.25) is 5.02 Å². The molecule has 0 atom stereocenters. The smallest absolute Gasteiger partial charge is 0.389 e. The lowest BCUT2D eigenvalue weighted by molar-refractivity contribution is -0.384. The molecular formula is C16H22ClF3N2O2. The summed E-state index contributed by atoms with van der Waals surface area (Å²) in [5.41, 5.74) is 6.80. The number of benzene rings is 1. The monoisotopic (exact) mass is 366 g/mol. The molecule has 0 fully saturated rings. The number of alkyl halides is 3. The normalized spacial score (nSPS) is 11.7. The van der Waals surface area contributed by atoms with Gasteiger partial charge >= 0.3 is 6.18 Å². The van der Waals surface area contributed by atoms with Gasteiger partial charge in [0.15, 0.2) is 0 Å². The number of non-ortho nitro benzene ring substituents is 1. The second kappa shape index (κ2) is 9.71. The highest BCUT2D eigenvalue weighted by molar-refractivity contribution is 6.33. The van der Waals surface area contributed by atoms with Crippen molar-refractivity contribution >= 4 is 23.0 Å². The zero-order valence-electron chi connectivity index (χ0n) is 13.4. The molecule has 2 N–H and O–H groups in total. The molecule has 0 aliphatic heterocycles. The lowest BCUT2D eigenvalue weighted by atomic mass is 10.0. The second-order valence-electron chi connectivity index (χ2n) is 5.85. The fourth-order valence-electron chi connectivity index (χ4n) is 2.50. The highest BCUT2D eigenvalue weighted by atomic mass is 35.5. The molecule has 0 amide bonds. The molecule has 24 heavy (non-hydrogen) atoms. The first kappa shape index (κ1) is 20.5. The first-order chi connectivity index (χ1) is 11.2. The van der Waals surface area contributed by atoms with Crippen molar-refractivity contribution in [2.45, 2.75) is 64.0 Å². The van der Waals surface area contributed by atoms with E-state index >= 15 is 0 Å². The Morgan fingerprint density at radius 2 is 1.58 bits per heavy atom. The van der Waals surface area contributed by atoms with Crippen molar-refractivity contribution in [1.82, 2.24) is 0 Å². The molecule has 0 saturated carbocycles. The van der Waals surface area contributed by atoms with Crippen molar-refractivity contribution < 1.29 is 18.1 Å². The average Bonchev–Trinajstić information content (AvgIpc) is 2.48. The largest absolute Gasteiger partial charge is 0.397 e. The third-order valence-electron chi connectivity index (χ3n) is 3.82. The van der Waals surface area contributed by atoms with Crippen LogP contribution >= 0.6 is 11.6 Å². The number of halogens is 4. The summed E-state index contributed by atoms with van der Waals surface area (Å²) in [6.07, 6.45) is 0.932. The second-order valence-corrected chi connectivity index (χ2v) is 6.25. The molecule has 0 heterocycles. The number of hydrogen-bond acceptors (Lipinski definition) is 3. The van der Waals surface area contributed by atoms with Crippen LogP contribution in [0.4, 0.5) is 24.5 Å². The lowest BCUT2D eigenvalue weighted by Gasteiger charge is -2.08. The van der Waals surface area contributed by atoms with Crippen LogP contribution in [-0.2, 0) is 6.42 Å². The minimum Gasteiger partial charge on any atom is -0.397 e. The Labute approximate surface area is 144 Å². The molecule has 0 unspecified atom stereocenters. The SMILES string of the molecule is Nc1c(Cl)cc([N+](=O)[O-])cc1CCCCCCCCCC(F)(F)F. The molecule has 0 saturated heterocycles. The van der Waals surface area contributed by atoms with Gasteiger partial charge in [-0.3, -0.25) is 10.1 Å². The van der Waals surface area contributed by atoms with E-state index in [4.69, 9.17) is 17.3 Å². The van der Waals surface area contributed by atoms with E-state index in [1.807, 2.05) is 0 Å².